The van der Waals surface area contributed by atoms with Crippen molar-refractivity contribution in [3.05, 3.63) is 5.82 Å². The predicted octanol–water partition coefficient (Wildman–Crippen LogP) is -0.225. The van der Waals surface area contributed by atoms with E-state index < -0.39 is 0 Å². The average molecular weight is 225 g/mol. The van der Waals surface area contributed by atoms with Crippen LogP contribution in [-0.4, -0.2) is 39.2 Å². The van der Waals surface area contributed by atoms with Gasteiger partial charge in [0.15, 0.2) is 5.82 Å². The number of nitrogens with zero attached hydrogens (tertiary/aromatic N) is 3. The van der Waals surface area contributed by atoms with Crippen LogP contribution < -0.4 is 5.32 Å². The van der Waals surface area contributed by atoms with Crippen LogP contribution >= 0.6 is 0 Å². The summed E-state index contributed by atoms with van der Waals surface area (Å²) in [6.07, 6.45) is 3.45. The molecule has 0 spiro atoms. The van der Waals surface area contributed by atoms with E-state index in [0.29, 0.717) is 18.8 Å². The molecule has 16 heavy (non-hydrogen) atoms. The first-order valence-electron chi connectivity index (χ1n) is 5.28. The van der Waals surface area contributed by atoms with Crippen LogP contribution in [0.3, 0.4) is 0 Å². The van der Waals surface area contributed by atoms with E-state index in [4.69, 9.17) is 4.74 Å². The molecule has 0 aromatic carbocycles. The first-order valence-corrected chi connectivity index (χ1v) is 5.28. The lowest BCUT2D eigenvalue weighted by molar-refractivity contribution is -0.134. The summed E-state index contributed by atoms with van der Waals surface area (Å²) in [4.78, 5) is 11.6. The van der Waals surface area contributed by atoms with Crippen molar-refractivity contribution < 1.29 is 9.53 Å². The van der Waals surface area contributed by atoms with Crippen LogP contribution in [0, 0.1) is 0 Å². The summed E-state index contributed by atoms with van der Waals surface area (Å²) in [7, 11) is 1.66. The highest BCUT2D eigenvalue weighted by atomic mass is 16.5. The van der Waals surface area contributed by atoms with Crippen molar-refractivity contribution in [2.24, 2.45) is 0 Å². The molecule has 1 fully saturated rings. The van der Waals surface area contributed by atoms with E-state index in [9.17, 15) is 4.79 Å². The smallest absolute Gasteiger partial charge is 0.223 e. The second-order valence-electron chi connectivity index (χ2n) is 4.02. The van der Waals surface area contributed by atoms with E-state index in [2.05, 4.69) is 25.9 Å². The second kappa shape index (κ2) is 4.56. The SMILES string of the molecule is COC1(CC(=O)NCc2nn[nH]n2)CCC1. The lowest BCUT2D eigenvalue weighted by Crippen LogP contribution is -2.43. The molecular formula is C9H15N5O2. The number of aromatic amines is 1. The van der Waals surface area contributed by atoms with Gasteiger partial charge < -0.3 is 10.1 Å². The van der Waals surface area contributed by atoms with Crippen LogP contribution in [0.2, 0.25) is 0 Å². The molecule has 7 nitrogen and oxygen atoms in total. The van der Waals surface area contributed by atoms with Gasteiger partial charge in [0.2, 0.25) is 5.91 Å². The van der Waals surface area contributed by atoms with Crippen LogP contribution in [0.15, 0.2) is 0 Å². The molecule has 2 N–H and O–H groups in total. The zero-order valence-electron chi connectivity index (χ0n) is 9.19. The van der Waals surface area contributed by atoms with Gasteiger partial charge in [-0.25, -0.2) is 0 Å². The molecule has 0 aliphatic heterocycles. The molecule has 1 aliphatic carbocycles. The Morgan fingerprint density at radius 3 is 2.94 bits per heavy atom. The van der Waals surface area contributed by atoms with Crippen LogP contribution in [0.25, 0.3) is 0 Å². The molecule has 1 aromatic rings. The van der Waals surface area contributed by atoms with Crippen molar-refractivity contribution in [1.29, 1.82) is 0 Å². The monoisotopic (exact) mass is 225 g/mol. The summed E-state index contributed by atoms with van der Waals surface area (Å²) in [5.74, 6) is 0.444. The average Bonchev–Trinajstić information content (AvgIpc) is 2.73. The van der Waals surface area contributed by atoms with Crippen molar-refractivity contribution >= 4 is 5.91 Å². The molecule has 1 saturated carbocycles. The number of ether oxygens (including phenoxy) is 1. The summed E-state index contributed by atoms with van der Waals surface area (Å²) in [5.41, 5.74) is -0.235. The van der Waals surface area contributed by atoms with Crippen molar-refractivity contribution in [3.8, 4) is 0 Å². The summed E-state index contributed by atoms with van der Waals surface area (Å²) >= 11 is 0. The molecule has 0 unspecified atom stereocenters. The van der Waals surface area contributed by atoms with Gasteiger partial charge in [0, 0.05) is 7.11 Å². The summed E-state index contributed by atoms with van der Waals surface area (Å²) in [6, 6.07) is 0. The predicted molar refractivity (Wildman–Crippen MR) is 54.2 cm³/mol. The van der Waals surface area contributed by atoms with E-state index in [1.165, 1.54) is 0 Å². The minimum atomic E-state index is -0.235. The Bertz CT molecular complexity index is 341. The summed E-state index contributed by atoms with van der Waals surface area (Å²) in [5, 5.41) is 16.0. The second-order valence-corrected chi connectivity index (χ2v) is 4.02. The maximum absolute atomic E-state index is 11.6. The van der Waals surface area contributed by atoms with Crippen molar-refractivity contribution in [2.45, 2.75) is 37.8 Å². The minimum Gasteiger partial charge on any atom is -0.378 e. The number of aromatic nitrogens is 4. The third-order valence-corrected chi connectivity index (χ3v) is 3.01. The third-order valence-electron chi connectivity index (χ3n) is 3.01. The van der Waals surface area contributed by atoms with Gasteiger partial charge in [-0.1, -0.05) is 5.21 Å². The van der Waals surface area contributed by atoms with Gasteiger partial charge in [-0.2, -0.15) is 5.21 Å². The number of amides is 1. The van der Waals surface area contributed by atoms with Crippen molar-refractivity contribution in [2.75, 3.05) is 7.11 Å². The maximum atomic E-state index is 11.6. The molecule has 1 aromatic heterocycles. The highest BCUT2D eigenvalue weighted by Gasteiger charge is 2.38. The Kier molecular flexibility index (Phi) is 3.14. The van der Waals surface area contributed by atoms with E-state index >= 15 is 0 Å². The summed E-state index contributed by atoms with van der Waals surface area (Å²) in [6.45, 7) is 0.301. The molecule has 88 valence electrons. The van der Waals surface area contributed by atoms with Crippen LogP contribution in [0.1, 0.15) is 31.5 Å². The van der Waals surface area contributed by atoms with Gasteiger partial charge in [0.25, 0.3) is 0 Å². The number of carbonyl (C=O) groups excluding carboxylic acids is 1. The number of methoxy groups -OCH3 is 1. The van der Waals surface area contributed by atoms with Gasteiger partial charge in [0.1, 0.15) is 0 Å². The minimum absolute atomic E-state index is 0.0358. The number of tetrazole rings is 1. The fourth-order valence-electron chi connectivity index (χ4n) is 1.81. The first kappa shape index (κ1) is 11.0. The Morgan fingerprint density at radius 2 is 2.44 bits per heavy atom. The van der Waals surface area contributed by atoms with Gasteiger partial charge in [-0.3, -0.25) is 4.79 Å². The molecule has 1 aliphatic rings. The molecule has 1 amide bonds. The topological polar surface area (TPSA) is 92.8 Å². The van der Waals surface area contributed by atoms with E-state index in [1.807, 2.05) is 0 Å². The van der Waals surface area contributed by atoms with Crippen molar-refractivity contribution in [1.82, 2.24) is 25.9 Å². The molecular weight excluding hydrogens is 210 g/mol. The molecule has 1 heterocycles. The highest BCUT2D eigenvalue weighted by Crippen LogP contribution is 2.37. The number of carbonyl (C=O) groups is 1. The quantitative estimate of drug-likeness (QED) is 0.722. The molecule has 2 rings (SSSR count). The van der Waals surface area contributed by atoms with E-state index in [0.717, 1.165) is 19.3 Å². The highest BCUT2D eigenvalue weighted by molar-refractivity contribution is 5.77. The standard InChI is InChI=1S/C9H15N5O2/c1-16-9(3-2-4-9)5-8(15)10-6-7-11-13-14-12-7/h2-6H2,1H3,(H,10,15)(H,11,12,13,14). The number of H-pyrrole nitrogens is 1. The van der Waals surface area contributed by atoms with E-state index in [-0.39, 0.29) is 11.5 Å². The largest absolute Gasteiger partial charge is 0.378 e. The third kappa shape index (κ3) is 2.35. The summed E-state index contributed by atoms with van der Waals surface area (Å²) < 4.78 is 5.37. The van der Waals surface area contributed by atoms with Crippen LogP contribution in [-0.2, 0) is 16.1 Å². The molecule has 0 radical (unpaired) electrons. The molecule has 0 saturated heterocycles. The van der Waals surface area contributed by atoms with Gasteiger partial charge >= 0.3 is 0 Å². The Labute approximate surface area is 92.9 Å². The molecule has 0 bridgehead atoms. The zero-order chi connectivity index (χ0) is 11.4. The number of hydrogen-bond acceptors (Lipinski definition) is 5. The van der Waals surface area contributed by atoms with Crippen LogP contribution in [0.4, 0.5) is 0 Å². The van der Waals surface area contributed by atoms with Crippen LogP contribution in [0.5, 0.6) is 0 Å². The zero-order valence-corrected chi connectivity index (χ0v) is 9.19. The number of nitrogens with one attached hydrogen (secondary N) is 2. The van der Waals surface area contributed by atoms with Gasteiger partial charge in [0.05, 0.1) is 18.6 Å². The number of rotatable bonds is 5. The normalized spacial score (nSPS) is 17.8. The fourth-order valence-corrected chi connectivity index (χ4v) is 1.81. The lowest BCUT2D eigenvalue weighted by Gasteiger charge is -2.39. The fraction of sp³-hybridized carbons (Fsp3) is 0.778. The lowest BCUT2D eigenvalue weighted by atomic mass is 9.77. The van der Waals surface area contributed by atoms with Gasteiger partial charge in [-0.05, 0) is 19.3 Å². The Hall–Kier alpha value is -1.50. The van der Waals surface area contributed by atoms with E-state index in [1.54, 1.807) is 7.11 Å². The number of hydrogen-bond donors (Lipinski definition) is 2. The maximum Gasteiger partial charge on any atom is 0.223 e. The van der Waals surface area contributed by atoms with Crippen molar-refractivity contribution in [3.63, 3.8) is 0 Å². The Morgan fingerprint density at radius 1 is 1.62 bits per heavy atom. The first-order chi connectivity index (χ1) is 7.74. The molecule has 7 heteroatoms. The van der Waals surface area contributed by atoms with Gasteiger partial charge in [-0.15, -0.1) is 10.2 Å². The molecule has 0 atom stereocenters. The Balaban J connectivity index is 1.76.